The number of nitrogens with zero attached hydrogens (tertiary/aromatic N) is 1. The summed E-state index contributed by atoms with van der Waals surface area (Å²) in [7, 11) is 0. The van der Waals surface area contributed by atoms with Crippen LogP contribution in [0.1, 0.15) is 37.8 Å². The molecule has 1 aliphatic heterocycles. The maximum absolute atomic E-state index is 12.3. The fourth-order valence-corrected chi connectivity index (χ4v) is 2.54. The van der Waals surface area contributed by atoms with Crippen LogP contribution in [0.4, 0.5) is 0 Å². The van der Waals surface area contributed by atoms with E-state index in [4.69, 9.17) is 0 Å². The average Bonchev–Trinajstić information content (AvgIpc) is 2.49. The van der Waals surface area contributed by atoms with Crippen molar-refractivity contribution < 1.29 is 19.5 Å². The number of amides is 2. The lowest BCUT2D eigenvalue weighted by molar-refractivity contribution is -0.142. The van der Waals surface area contributed by atoms with E-state index in [0.29, 0.717) is 6.54 Å². The van der Waals surface area contributed by atoms with E-state index < -0.39 is 17.3 Å². The van der Waals surface area contributed by atoms with Crippen molar-refractivity contribution in [3.8, 4) is 0 Å². The molecule has 2 N–H and O–H groups in total. The van der Waals surface area contributed by atoms with Crippen molar-refractivity contribution in [2.45, 2.75) is 33.2 Å². The maximum Gasteiger partial charge on any atom is 0.312 e. The molecule has 1 heterocycles. The fourth-order valence-electron chi connectivity index (χ4n) is 2.54. The van der Waals surface area contributed by atoms with Crippen molar-refractivity contribution >= 4 is 17.8 Å². The second kappa shape index (κ2) is 6.40. The second-order valence-electron chi connectivity index (χ2n) is 6.80. The van der Waals surface area contributed by atoms with Crippen LogP contribution in [0, 0.1) is 5.41 Å². The molecular formula is C17H22N2O4. The molecule has 6 nitrogen and oxygen atoms in total. The number of hydrogen-bond donors (Lipinski definition) is 2. The second-order valence-corrected chi connectivity index (χ2v) is 6.80. The summed E-state index contributed by atoms with van der Waals surface area (Å²) in [4.78, 5) is 37.1. The summed E-state index contributed by atoms with van der Waals surface area (Å²) in [5.41, 5.74) is 1.02. The SMILES string of the molecule is CC(C)(C)C(=O)NCC(=O)N1Cc2ccccc2C(C(=O)O)C1. The van der Waals surface area contributed by atoms with Crippen molar-refractivity contribution in [1.29, 1.82) is 0 Å². The number of carbonyl (C=O) groups is 3. The van der Waals surface area contributed by atoms with Crippen LogP contribution < -0.4 is 5.32 Å². The first kappa shape index (κ1) is 17.0. The summed E-state index contributed by atoms with van der Waals surface area (Å²) in [6.07, 6.45) is 0. The zero-order valence-electron chi connectivity index (χ0n) is 13.6. The number of carbonyl (C=O) groups excluding carboxylic acids is 2. The molecule has 0 aliphatic carbocycles. The normalized spacial score (nSPS) is 17.3. The van der Waals surface area contributed by atoms with Crippen molar-refractivity contribution in [1.82, 2.24) is 10.2 Å². The van der Waals surface area contributed by atoms with E-state index in [1.807, 2.05) is 12.1 Å². The quantitative estimate of drug-likeness (QED) is 0.881. The van der Waals surface area contributed by atoms with Crippen molar-refractivity contribution in [2.75, 3.05) is 13.1 Å². The minimum Gasteiger partial charge on any atom is -0.481 e. The van der Waals surface area contributed by atoms with Gasteiger partial charge in [0.15, 0.2) is 0 Å². The van der Waals surface area contributed by atoms with E-state index in [-0.39, 0.29) is 24.9 Å². The molecule has 124 valence electrons. The Morgan fingerprint density at radius 3 is 2.52 bits per heavy atom. The van der Waals surface area contributed by atoms with Crippen LogP contribution in [0.25, 0.3) is 0 Å². The molecule has 0 spiro atoms. The van der Waals surface area contributed by atoms with E-state index in [2.05, 4.69) is 5.32 Å². The monoisotopic (exact) mass is 318 g/mol. The van der Waals surface area contributed by atoms with Gasteiger partial charge in [0, 0.05) is 18.5 Å². The van der Waals surface area contributed by atoms with Gasteiger partial charge in [0.05, 0.1) is 12.5 Å². The van der Waals surface area contributed by atoms with Gasteiger partial charge in [-0.1, -0.05) is 45.0 Å². The molecule has 0 saturated carbocycles. The highest BCUT2D eigenvalue weighted by Crippen LogP contribution is 2.28. The highest BCUT2D eigenvalue weighted by molar-refractivity contribution is 5.88. The summed E-state index contributed by atoms with van der Waals surface area (Å²) < 4.78 is 0. The Kier molecular flexibility index (Phi) is 4.73. The third-order valence-electron chi connectivity index (χ3n) is 3.93. The van der Waals surface area contributed by atoms with Crippen LogP contribution in [-0.2, 0) is 20.9 Å². The zero-order chi connectivity index (χ0) is 17.2. The van der Waals surface area contributed by atoms with Crippen molar-refractivity contribution in [2.24, 2.45) is 5.41 Å². The summed E-state index contributed by atoms with van der Waals surface area (Å²) >= 11 is 0. The minimum atomic E-state index is -0.950. The Hall–Kier alpha value is -2.37. The lowest BCUT2D eigenvalue weighted by Crippen LogP contribution is -2.46. The first-order chi connectivity index (χ1) is 10.7. The molecule has 1 aromatic carbocycles. The number of aliphatic carboxylic acids is 1. The van der Waals surface area contributed by atoms with Gasteiger partial charge < -0.3 is 15.3 Å². The number of carboxylic acids is 1. The lowest BCUT2D eigenvalue weighted by Gasteiger charge is -2.33. The molecule has 1 unspecified atom stereocenters. The van der Waals surface area contributed by atoms with Crippen LogP contribution in [0.5, 0.6) is 0 Å². The smallest absolute Gasteiger partial charge is 0.312 e. The standard InChI is InChI=1S/C17H22N2O4/c1-17(2,3)16(23)18-8-14(20)19-9-11-6-4-5-7-12(11)13(10-19)15(21)22/h4-7,13H,8-10H2,1-3H3,(H,18,23)(H,21,22). The Balaban J connectivity index is 2.08. The predicted molar refractivity (Wildman–Crippen MR) is 84.7 cm³/mol. The molecule has 1 aromatic rings. The number of carboxylic acid groups (broad SMARTS) is 1. The maximum atomic E-state index is 12.3. The van der Waals surface area contributed by atoms with Gasteiger partial charge in [0.25, 0.3) is 0 Å². The highest BCUT2D eigenvalue weighted by atomic mass is 16.4. The molecule has 6 heteroatoms. The zero-order valence-corrected chi connectivity index (χ0v) is 13.6. The van der Waals surface area contributed by atoms with Gasteiger partial charge in [0.1, 0.15) is 0 Å². The van der Waals surface area contributed by atoms with Crippen LogP contribution in [0.2, 0.25) is 0 Å². The molecule has 2 amide bonds. The van der Waals surface area contributed by atoms with Crippen molar-refractivity contribution in [3.63, 3.8) is 0 Å². The van der Waals surface area contributed by atoms with E-state index in [1.165, 1.54) is 4.90 Å². The summed E-state index contributed by atoms with van der Waals surface area (Å²) in [6.45, 7) is 5.67. The number of rotatable bonds is 3. The average molecular weight is 318 g/mol. The summed E-state index contributed by atoms with van der Waals surface area (Å²) in [6, 6.07) is 7.25. The van der Waals surface area contributed by atoms with Gasteiger partial charge in [-0.05, 0) is 11.1 Å². The Morgan fingerprint density at radius 2 is 1.91 bits per heavy atom. The molecule has 2 rings (SSSR count). The molecule has 0 saturated heterocycles. The first-order valence-corrected chi connectivity index (χ1v) is 7.57. The Morgan fingerprint density at radius 1 is 1.26 bits per heavy atom. The molecular weight excluding hydrogens is 296 g/mol. The van der Waals surface area contributed by atoms with Crippen LogP contribution in [-0.4, -0.2) is 40.9 Å². The highest BCUT2D eigenvalue weighted by Gasteiger charge is 2.32. The number of nitrogens with one attached hydrogen (secondary N) is 1. The van der Waals surface area contributed by atoms with E-state index in [0.717, 1.165) is 11.1 Å². The Labute approximate surface area is 135 Å². The Bertz CT molecular complexity index is 634. The molecule has 0 radical (unpaired) electrons. The van der Waals surface area contributed by atoms with Crippen LogP contribution >= 0.6 is 0 Å². The topological polar surface area (TPSA) is 86.7 Å². The number of benzene rings is 1. The van der Waals surface area contributed by atoms with Crippen LogP contribution in [0.15, 0.2) is 24.3 Å². The minimum absolute atomic E-state index is 0.120. The summed E-state index contributed by atoms with van der Waals surface area (Å²) in [5.74, 6) is -2.17. The van der Waals surface area contributed by atoms with E-state index in [9.17, 15) is 19.5 Å². The fraction of sp³-hybridized carbons (Fsp3) is 0.471. The molecule has 0 bridgehead atoms. The van der Waals surface area contributed by atoms with Crippen molar-refractivity contribution in [3.05, 3.63) is 35.4 Å². The molecule has 23 heavy (non-hydrogen) atoms. The number of hydrogen-bond acceptors (Lipinski definition) is 3. The van der Waals surface area contributed by atoms with Gasteiger partial charge in [-0.2, -0.15) is 0 Å². The summed E-state index contributed by atoms with van der Waals surface area (Å²) in [5, 5.41) is 12.0. The van der Waals surface area contributed by atoms with E-state index in [1.54, 1.807) is 32.9 Å². The van der Waals surface area contributed by atoms with E-state index >= 15 is 0 Å². The van der Waals surface area contributed by atoms with Gasteiger partial charge in [0.2, 0.25) is 11.8 Å². The largest absolute Gasteiger partial charge is 0.481 e. The number of fused-ring (bicyclic) bond motifs is 1. The van der Waals surface area contributed by atoms with Gasteiger partial charge in [-0.25, -0.2) is 0 Å². The van der Waals surface area contributed by atoms with Gasteiger partial charge in [-0.15, -0.1) is 0 Å². The molecule has 0 fully saturated rings. The van der Waals surface area contributed by atoms with Gasteiger partial charge >= 0.3 is 5.97 Å². The molecule has 1 atom stereocenters. The third kappa shape index (κ3) is 3.88. The third-order valence-corrected chi connectivity index (χ3v) is 3.93. The van der Waals surface area contributed by atoms with Gasteiger partial charge in [-0.3, -0.25) is 14.4 Å². The first-order valence-electron chi connectivity index (χ1n) is 7.57. The lowest BCUT2D eigenvalue weighted by atomic mass is 9.90. The predicted octanol–water partition coefficient (Wildman–Crippen LogP) is 1.36. The molecule has 0 aromatic heterocycles. The van der Waals surface area contributed by atoms with Crippen LogP contribution in [0.3, 0.4) is 0 Å². The molecule has 1 aliphatic rings.